The first-order chi connectivity index (χ1) is 19.5. The first-order valence-corrected chi connectivity index (χ1v) is 14.7. The van der Waals surface area contributed by atoms with Gasteiger partial charge in [0.05, 0.1) is 29.6 Å². The molecule has 1 fully saturated rings. The third-order valence-corrected chi connectivity index (χ3v) is 8.39. The Bertz CT molecular complexity index is 1410. The van der Waals surface area contributed by atoms with Crippen molar-refractivity contribution in [2.45, 2.75) is 109 Å². The van der Waals surface area contributed by atoms with Crippen molar-refractivity contribution in [1.29, 1.82) is 5.26 Å². The molecule has 222 valence electrons. The van der Waals surface area contributed by atoms with Crippen molar-refractivity contribution in [3.05, 3.63) is 51.7 Å². The van der Waals surface area contributed by atoms with Crippen molar-refractivity contribution in [1.82, 2.24) is 14.5 Å². The van der Waals surface area contributed by atoms with Crippen molar-refractivity contribution < 1.29 is 13.5 Å². The lowest BCUT2D eigenvalue weighted by atomic mass is 9.95. The number of anilines is 1. The standard InChI is InChI=1S/C31H42F2N6O2/c1-20-17-24(10-14-34)31(32,33)13-16-41-21(2)9-7-5-6-8-15-39-28-25(27(36-22(20)3)37-23(4)38-28)18-26(29(39)40)30(19-35)11-12-30/h10,14,17-18,20-22H,5-9,11-13,15-16,34H2,1-4H3,(H,36,37,38)/b14-10-,24-17+/t20?,21?,22-/m1/s1. The molecule has 8 nitrogen and oxygen atoms in total. The van der Waals surface area contributed by atoms with E-state index in [2.05, 4.69) is 21.4 Å². The Morgan fingerprint density at radius 3 is 2.59 bits per heavy atom. The van der Waals surface area contributed by atoms with E-state index in [9.17, 15) is 10.1 Å². The third kappa shape index (κ3) is 6.95. The van der Waals surface area contributed by atoms with Crippen molar-refractivity contribution in [2.24, 2.45) is 11.7 Å². The van der Waals surface area contributed by atoms with Gasteiger partial charge in [0.15, 0.2) is 0 Å². The van der Waals surface area contributed by atoms with Gasteiger partial charge in [-0.2, -0.15) is 5.26 Å². The molecule has 3 N–H and O–H groups in total. The molecule has 3 heterocycles. The lowest BCUT2D eigenvalue weighted by Crippen LogP contribution is -2.30. The Morgan fingerprint density at radius 1 is 1.17 bits per heavy atom. The molecule has 1 aliphatic carbocycles. The molecule has 41 heavy (non-hydrogen) atoms. The highest BCUT2D eigenvalue weighted by molar-refractivity contribution is 5.88. The van der Waals surface area contributed by atoms with Gasteiger partial charge in [0.25, 0.3) is 11.5 Å². The fourth-order valence-corrected chi connectivity index (χ4v) is 5.43. The second-order valence-corrected chi connectivity index (χ2v) is 11.7. The molecule has 4 bridgehead atoms. The van der Waals surface area contributed by atoms with Gasteiger partial charge in [-0.25, -0.2) is 18.7 Å². The topological polar surface area (TPSA) is 119 Å². The number of hydrogen-bond acceptors (Lipinski definition) is 7. The minimum absolute atomic E-state index is 0.0472. The van der Waals surface area contributed by atoms with E-state index in [0.717, 1.165) is 38.3 Å². The highest BCUT2D eigenvalue weighted by Crippen LogP contribution is 2.47. The molecule has 1 saturated carbocycles. The van der Waals surface area contributed by atoms with Crippen molar-refractivity contribution >= 4 is 16.9 Å². The number of alkyl halides is 2. The van der Waals surface area contributed by atoms with Gasteiger partial charge < -0.3 is 15.8 Å². The van der Waals surface area contributed by atoms with Gasteiger partial charge in [0, 0.05) is 30.1 Å². The Labute approximate surface area is 240 Å². The van der Waals surface area contributed by atoms with E-state index in [1.807, 2.05) is 20.8 Å². The van der Waals surface area contributed by atoms with E-state index in [1.165, 1.54) is 12.2 Å². The summed E-state index contributed by atoms with van der Waals surface area (Å²) in [4.78, 5) is 23.0. The van der Waals surface area contributed by atoms with Crippen molar-refractivity contribution in [3.63, 3.8) is 0 Å². The van der Waals surface area contributed by atoms with Crippen LogP contribution >= 0.6 is 0 Å². The van der Waals surface area contributed by atoms with Crippen LogP contribution in [0.3, 0.4) is 0 Å². The molecule has 2 aromatic heterocycles. The van der Waals surface area contributed by atoms with Gasteiger partial charge in [-0.15, -0.1) is 0 Å². The SMILES string of the molecule is Cc1nc2c3cc(C4(C#N)CC4)c(=O)n(c3n1)CCCCCCC(C)OCCC(F)(F)C(/C=C\N)=C/C(C)[C@@H](C)N2. The summed E-state index contributed by atoms with van der Waals surface area (Å²) in [5.41, 5.74) is 5.44. The summed E-state index contributed by atoms with van der Waals surface area (Å²) in [6.07, 6.45) is 8.94. The molecule has 2 aliphatic rings. The minimum Gasteiger partial charge on any atom is -0.405 e. The first-order valence-electron chi connectivity index (χ1n) is 14.7. The van der Waals surface area contributed by atoms with E-state index >= 15 is 8.78 Å². The summed E-state index contributed by atoms with van der Waals surface area (Å²) in [5, 5.41) is 14.0. The summed E-state index contributed by atoms with van der Waals surface area (Å²) in [6, 6.07) is 3.83. The van der Waals surface area contributed by atoms with Crippen LogP contribution in [-0.2, 0) is 16.7 Å². The zero-order valence-electron chi connectivity index (χ0n) is 24.6. The lowest BCUT2D eigenvalue weighted by Gasteiger charge is -2.25. The molecular formula is C31H42F2N6O2. The van der Waals surface area contributed by atoms with Crippen LogP contribution in [0.15, 0.2) is 34.8 Å². The fourth-order valence-electron chi connectivity index (χ4n) is 5.43. The number of nitrogens with two attached hydrogens (primary N) is 1. The van der Waals surface area contributed by atoms with Gasteiger partial charge >= 0.3 is 0 Å². The molecule has 0 radical (unpaired) electrons. The van der Waals surface area contributed by atoms with E-state index < -0.39 is 17.8 Å². The largest absolute Gasteiger partial charge is 0.405 e. The van der Waals surface area contributed by atoms with Crippen LogP contribution in [0.4, 0.5) is 14.6 Å². The Balaban J connectivity index is 1.80. The van der Waals surface area contributed by atoms with Gasteiger partial charge in [-0.05, 0) is 70.7 Å². The zero-order chi connectivity index (χ0) is 29.8. The maximum atomic E-state index is 15.3. The summed E-state index contributed by atoms with van der Waals surface area (Å²) in [6.45, 7) is 7.88. The van der Waals surface area contributed by atoms with E-state index in [-0.39, 0.29) is 35.8 Å². The van der Waals surface area contributed by atoms with Crippen LogP contribution in [0.1, 0.15) is 83.5 Å². The highest BCUT2D eigenvalue weighted by atomic mass is 19.3. The number of halogens is 2. The maximum Gasteiger partial charge on any atom is 0.275 e. The predicted molar refractivity (Wildman–Crippen MR) is 157 cm³/mol. The van der Waals surface area contributed by atoms with Crippen LogP contribution < -0.4 is 16.6 Å². The van der Waals surface area contributed by atoms with Gasteiger partial charge in [0.1, 0.15) is 17.3 Å². The minimum atomic E-state index is -3.11. The quantitative estimate of drug-likeness (QED) is 0.464. The van der Waals surface area contributed by atoms with Crippen LogP contribution in [0, 0.1) is 24.2 Å². The van der Waals surface area contributed by atoms with Gasteiger partial charge in [-0.1, -0.05) is 32.3 Å². The smallest absolute Gasteiger partial charge is 0.275 e. The van der Waals surface area contributed by atoms with Crippen LogP contribution in [-0.4, -0.2) is 39.2 Å². The Morgan fingerprint density at radius 2 is 1.90 bits per heavy atom. The summed E-state index contributed by atoms with van der Waals surface area (Å²) in [7, 11) is 0. The number of pyridine rings is 1. The van der Waals surface area contributed by atoms with Crippen LogP contribution in [0.2, 0.25) is 0 Å². The van der Waals surface area contributed by atoms with Crippen molar-refractivity contribution in [3.8, 4) is 6.07 Å². The predicted octanol–water partition coefficient (Wildman–Crippen LogP) is 5.89. The number of nitrogens with zero attached hydrogens (tertiary/aromatic N) is 4. The average molecular weight is 569 g/mol. The normalized spacial score (nSPS) is 27.0. The molecule has 0 saturated heterocycles. The highest BCUT2D eigenvalue weighted by Gasteiger charge is 2.47. The number of nitrogens with one attached hydrogen (secondary N) is 1. The number of aryl methyl sites for hydroxylation is 2. The Kier molecular flexibility index (Phi) is 9.48. The molecule has 1 aliphatic heterocycles. The summed E-state index contributed by atoms with van der Waals surface area (Å²) in [5.74, 6) is -2.43. The molecule has 0 spiro atoms. The third-order valence-electron chi connectivity index (χ3n) is 8.39. The molecule has 10 heteroatoms. The molecule has 2 aromatic rings. The molecule has 3 atom stereocenters. The number of aromatic nitrogens is 3. The van der Waals surface area contributed by atoms with Crippen LogP contribution in [0.5, 0.6) is 0 Å². The van der Waals surface area contributed by atoms with E-state index in [1.54, 1.807) is 17.6 Å². The second-order valence-electron chi connectivity index (χ2n) is 11.7. The number of ether oxygens (including phenoxy) is 1. The monoisotopic (exact) mass is 568 g/mol. The summed E-state index contributed by atoms with van der Waals surface area (Å²) < 4.78 is 38.0. The molecule has 0 aromatic carbocycles. The fraction of sp³-hybridized carbons (Fsp3) is 0.613. The van der Waals surface area contributed by atoms with E-state index in [4.69, 9.17) is 10.5 Å². The first kappa shape index (κ1) is 30.6. The van der Waals surface area contributed by atoms with Gasteiger partial charge in [-0.3, -0.25) is 9.36 Å². The molecule has 2 unspecified atom stereocenters. The molecular weight excluding hydrogens is 526 g/mol. The molecule has 0 amide bonds. The van der Waals surface area contributed by atoms with E-state index in [0.29, 0.717) is 47.6 Å². The Hall–Kier alpha value is -3.32. The van der Waals surface area contributed by atoms with Gasteiger partial charge in [0.2, 0.25) is 0 Å². The number of hydrogen-bond donors (Lipinski definition) is 2. The maximum absolute atomic E-state index is 15.3. The summed E-state index contributed by atoms with van der Waals surface area (Å²) >= 11 is 0. The second kappa shape index (κ2) is 12.7. The number of rotatable bonds is 2. The molecule has 4 rings (SSSR count). The number of nitriles is 1. The lowest BCUT2D eigenvalue weighted by molar-refractivity contribution is -0.0184. The average Bonchev–Trinajstić information content (AvgIpc) is 3.71. The van der Waals surface area contributed by atoms with Crippen molar-refractivity contribution in [2.75, 3.05) is 11.9 Å². The number of allylic oxidation sites excluding steroid dienone is 2. The zero-order valence-corrected chi connectivity index (χ0v) is 24.6. The van der Waals surface area contributed by atoms with Crippen LogP contribution in [0.25, 0.3) is 11.0 Å².